The van der Waals surface area contributed by atoms with Gasteiger partial charge in [-0.15, -0.1) is 5.10 Å². The van der Waals surface area contributed by atoms with Crippen molar-refractivity contribution in [1.82, 2.24) is 20.2 Å². The average molecular weight is 217 g/mol. The molecule has 0 spiro atoms. The van der Waals surface area contributed by atoms with E-state index in [1.165, 1.54) is 0 Å². The van der Waals surface area contributed by atoms with Crippen LogP contribution in [-0.4, -0.2) is 26.2 Å². The summed E-state index contributed by atoms with van der Waals surface area (Å²) in [5.41, 5.74) is 6.82. The Morgan fingerprint density at radius 3 is 2.50 bits per heavy atom. The van der Waals surface area contributed by atoms with Crippen LogP contribution in [0.2, 0.25) is 0 Å². The van der Waals surface area contributed by atoms with Crippen LogP contribution in [0.3, 0.4) is 0 Å². The molecular formula is C11H15N5. The Morgan fingerprint density at radius 1 is 1.19 bits per heavy atom. The first kappa shape index (κ1) is 10.8. The van der Waals surface area contributed by atoms with Gasteiger partial charge in [-0.1, -0.05) is 25.1 Å². The van der Waals surface area contributed by atoms with Crippen molar-refractivity contribution in [2.75, 3.05) is 0 Å². The van der Waals surface area contributed by atoms with Gasteiger partial charge < -0.3 is 5.73 Å². The number of para-hydroxylation sites is 1. The summed E-state index contributed by atoms with van der Waals surface area (Å²) < 4.78 is 1.73. The molecule has 1 heterocycles. The molecule has 1 aromatic carbocycles. The van der Waals surface area contributed by atoms with Crippen LogP contribution < -0.4 is 5.73 Å². The SMILES string of the molecule is CC(N)C(C)c1nnnn1-c1ccccc1. The van der Waals surface area contributed by atoms with Crippen LogP contribution in [0.25, 0.3) is 5.69 Å². The van der Waals surface area contributed by atoms with Gasteiger partial charge in [0, 0.05) is 12.0 Å². The third-order valence-electron chi connectivity index (χ3n) is 2.69. The van der Waals surface area contributed by atoms with Gasteiger partial charge in [0.05, 0.1) is 5.69 Å². The molecule has 2 unspecified atom stereocenters. The van der Waals surface area contributed by atoms with Crippen molar-refractivity contribution >= 4 is 0 Å². The molecule has 84 valence electrons. The normalized spacial score (nSPS) is 14.7. The fourth-order valence-electron chi connectivity index (χ4n) is 1.47. The lowest BCUT2D eigenvalue weighted by molar-refractivity contribution is 0.564. The fraction of sp³-hybridized carbons (Fsp3) is 0.364. The van der Waals surface area contributed by atoms with Crippen molar-refractivity contribution in [3.63, 3.8) is 0 Å². The second-order valence-electron chi connectivity index (χ2n) is 3.93. The quantitative estimate of drug-likeness (QED) is 0.836. The second-order valence-corrected chi connectivity index (χ2v) is 3.93. The van der Waals surface area contributed by atoms with Crippen LogP contribution in [-0.2, 0) is 0 Å². The molecule has 0 aliphatic rings. The number of nitrogens with two attached hydrogens (primary N) is 1. The van der Waals surface area contributed by atoms with Crippen molar-refractivity contribution in [2.45, 2.75) is 25.8 Å². The highest BCUT2D eigenvalue weighted by Gasteiger charge is 2.18. The molecule has 2 N–H and O–H groups in total. The number of hydrogen-bond donors (Lipinski definition) is 1. The van der Waals surface area contributed by atoms with Crippen molar-refractivity contribution in [3.05, 3.63) is 36.2 Å². The molecule has 0 saturated carbocycles. The molecule has 0 fully saturated rings. The summed E-state index contributed by atoms with van der Waals surface area (Å²) in [6.07, 6.45) is 0. The van der Waals surface area contributed by atoms with Gasteiger partial charge in [0.2, 0.25) is 0 Å². The van der Waals surface area contributed by atoms with E-state index in [0.29, 0.717) is 0 Å². The van der Waals surface area contributed by atoms with Crippen molar-refractivity contribution in [3.8, 4) is 5.69 Å². The Kier molecular flexibility index (Phi) is 2.96. The molecule has 16 heavy (non-hydrogen) atoms. The summed E-state index contributed by atoms with van der Waals surface area (Å²) in [7, 11) is 0. The molecule has 5 nitrogen and oxygen atoms in total. The average Bonchev–Trinajstić information content (AvgIpc) is 2.77. The molecule has 1 aromatic heterocycles. The standard InChI is InChI=1S/C11H15N5/c1-8(9(2)12)11-13-14-15-16(11)10-6-4-3-5-7-10/h3-9H,12H2,1-2H3. The van der Waals surface area contributed by atoms with Gasteiger partial charge in [-0.3, -0.25) is 0 Å². The summed E-state index contributed by atoms with van der Waals surface area (Å²) in [5.74, 6) is 0.913. The van der Waals surface area contributed by atoms with Crippen LogP contribution in [0.1, 0.15) is 25.6 Å². The maximum absolute atomic E-state index is 5.87. The van der Waals surface area contributed by atoms with E-state index < -0.39 is 0 Å². The predicted octanol–water partition coefficient (Wildman–Crippen LogP) is 1.11. The Balaban J connectivity index is 2.40. The lowest BCUT2D eigenvalue weighted by Crippen LogP contribution is -2.25. The highest BCUT2D eigenvalue weighted by Crippen LogP contribution is 2.17. The summed E-state index contributed by atoms with van der Waals surface area (Å²) in [6.45, 7) is 3.98. The van der Waals surface area contributed by atoms with Crippen LogP contribution in [0, 0.1) is 0 Å². The first-order chi connectivity index (χ1) is 7.70. The number of rotatable bonds is 3. The first-order valence-corrected chi connectivity index (χ1v) is 5.29. The summed E-state index contributed by atoms with van der Waals surface area (Å²) >= 11 is 0. The molecule has 0 amide bonds. The van der Waals surface area contributed by atoms with Crippen LogP contribution in [0.15, 0.2) is 30.3 Å². The Hall–Kier alpha value is -1.75. The van der Waals surface area contributed by atoms with Crippen LogP contribution in [0.5, 0.6) is 0 Å². The van der Waals surface area contributed by atoms with Gasteiger partial charge in [-0.2, -0.15) is 4.68 Å². The van der Waals surface area contributed by atoms with Gasteiger partial charge in [0.25, 0.3) is 0 Å². The highest BCUT2D eigenvalue weighted by atomic mass is 15.5. The highest BCUT2D eigenvalue weighted by molar-refractivity contribution is 5.31. The molecule has 0 saturated heterocycles. The molecule has 2 atom stereocenters. The van der Waals surface area contributed by atoms with E-state index in [2.05, 4.69) is 15.5 Å². The molecule has 5 heteroatoms. The van der Waals surface area contributed by atoms with E-state index in [4.69, 9.17) is 5.73 Å². The molecule has 2 aromatic rings. The van der Waals surface area contributed by atoms with Gasteiger partial charge >= 0.3 is 0 Å². The van der Waals surface area contributed by atoms with Crippen molar-refractivity contribution in [1.29, 1.82) is 0 Å². The molecule has 0 radical (unpaired) electrons. The zero-order valence-corrected chi connectivity index (χ0v) is 9.41. The molecular weight excluding hydrogens is 202 g/mol. The number of nitrogens with zero attached hydrogens (tertiary/aromatic N) is 4. The molecule has 2 rings (SSSR count). The van der Waals surface area contributed by atoms with Crippen LogP contribution >= 0.6 is 0 Å². The van der Waals surface area contributed by atoms with Gasteiger partial charge in [-0.05, 0) is 29.5 Å². The van der Waals surface area contributed by atoms with Gasteiger partial charge in [0.15, 0.2) is 5.82 Å². The minimum Gasteiger partial charge on any atom is -0.327 e. The maximum atomic E-state index is 5.87. The number of tetrazole rings is 1. The summed E-state index contributed by atoms with van der Waals surface area (Å²) in [4.78, 5) is 0. The van der Waals surface area contributed by atoms with E-state index in [-0.39, 0.29) is 12.0 Å². The number of aromatic nitrogens is 4. The maximum Gasteiger partial charge on any atom is 0.161 e. The molecule has 0 aliphatic carbocycles. The van der Waals surface area contributed by atoms with Gasteiger partial charge in [-0.25, -0.2) is 0 Å². The lowest BCUT2D eigenvalue weighted by atomic mass is 10.0. The van der Waals surface area contributed by atoms with E-state index >= 15 is 0 Å². The van der Waals surface area contributed by atoms with Crippen LogP contribution in [0.4, 0.5) is 0 Å². The van der Waals surface area contributed by atoms with E-state index in [0.717, 1.165) is 11.5 Å². The second kappa shape index (κ2) is 4.40. The number of benzene rings is 1. The summed E-state index contributed by atoms with van der Waals surface area (Å²) in [5, 5.41) is 11.7. The Labute approximate surface area is 94.3 Å². The first-order valence-electron chi connectivity index (χ1n) is 5.29. The largest absolute Gasteiger partial charge is 0.327 e. The summed E-state index contributed by atoms with van der Waals surface area (Å²) in [6, 6.07) is 9.83. The lowest BCUT2D eigenvalue weighted by Gasteiger charge is -2.14. The van der Waals surface area contributed by atoms with E-state index in [1.54, 1.807) is 4.68 Å². The minimum absolute atomic E-state index is 0.0217. The van der Waals surface area contributed by atoms with Crippen molar-refractivity contribution < 1.29 is 0 Å². The van der Waals surface area contributed by atoms with Crippen molar-refractivity contribution in [2.24, 2.45) is 5.73 Å². The molecule has 0 bridgehead atoms. The third kappa shape index (κ3) is 1.94. The molecule has 0 aliphatic heterocycles. The smallest absolute Gasteiger partial charge is 0.161 e. The third-order valence-corrected chi connectivity index (χ3v) is 2.69. The predicted molar refractivity (Wildman–Crippen MR) is 61.2 cm³/mol. The fourth-order valence-corrected chi connectivity index (χ4v) is 1.47. The Bertz CT molecular complexity index is 448. The monoisotopic (exact) mass is 217 g/mol. The zero-order chi connectivity index (χ0) is 11.5. The van der Waals surface area contributed by atoms with E-state index in [1.807, 2.05) is 44.2 Å². The van der Waals surface area contributed by atoms with E-state index in [9.17, 15) is 0 Å². The zero-order valence-electron chi connectivity index (χ0n) is 9.41. The minimum atomic E-state index is 0.0217. The Morgan fingerprint density at radius 2 is 1.88 bits per heavy atom. The van der Waals surface area contributed by atoms with Gasteiger partial charge in [0.1, 0.15) is 0 Å². The number of hydrogen-bond acceptors (Lipinski definition) is 4. The topological polar surface area (TPSA) is 69.6 Å².